The monoisotopic (exact) mass is 311 g/mol. The van der Waals surface area contributed by atoms with Gasteiger partial charge in [0.05, 0.1) is 18.3 Å². The Labute approximate surface area is 132 Å². The first-order valence-electron chi connectivity index (χ1n) is 7.33. The number of hydrogen-bond acceptors (Lipinski definition) is 4. The van der Waals surface area contributed by atoms with Crippen LogP contribution in [0.5, 0.6) is 0 Å². The summed E-state index contributed by atoms with van der Waals surface area (Å²) in [6.07, 6.45) is 0.742. The number of hydrogen-bond donors (Lipinski definition) is 2. The number of rotatable bonds is 4. The zero-order valence-corrected chi connectivity index (χ0v) is 13.0. The van der Waals surface area contributed by atoms with E-state index in [1.165, 1.54) is 7.11 Å². The lowest BCUT2D eigenvalue weighted by molar-refractivity contribution is -0.120. The number of aryl methyl sites for hydroxylation is 1. The standard InChI is InChI=1S/C17H17N3O3/c1-18-15(21)8-7-13-16-11(9-14(19-13)17(22)23-2)10-5-3-4-6-12(10)20-16/h3-6,9,20H,7-8H2,1-2H3,(H,18,21). The minimum atomic E-state index is -0.488. The summed E-state index contributed by atoms with van der Waals surface area (Å²) in [4.78, 5) is 31.1. The van der Waals surface area contributed by atoms with Crippen LogP contribution in [0.25, 0.3) is 21.8 Å². The van der Waals surface area contributed by atoms with Crippen LogP contribution in [0.2, 0.25) is 0 Å². The Bertz CT molecular complexity index is 899. The fourth-order valence-corrected chi connectivity index (χ4v) is 2.66. The van der Waals surface area contributed by atoms with E-state index >= 15 is 0 Å². The molecule has 23 heavy (non-hydrogen) atoms. The fraction of sp³-hybridized carbons (Fsp3) is 0.235. The summed E-state index contributed by atoms with van der Waals surface area (Å²) in [5, 5.41) is 4.51. The van der Waals surface area contributed by atoms with Gasteiger partial charge >= 0.3 is 5.97 Å². The highest BCUT2D eigenvalue weighted by molar-refractivity contribution is 6.09. The number of para-hydroxylation sites is 1. The van der Waals surface area contributed by atoms with Gasteiger partial charge in [-0.1, -0.05) is 18.2 Å². The Balaban J connectivity index is 2.18. The summed E-state index contributed by atoms with van der Waals surface area (Å²) < 4.78 is 4.78. The number of carbonyl (C=O) groups excluding carboxylic acids is 2. The van der Waals surface area contributed by atoms with Crippen molar-refractivity contribution in [1.29, 1.82) is 0 Å². The fourth-order valence-electron chi connectivity index (χ4n) is 2.66. The normalized spacial score (nSPS) is 10.9. The third-order valence-corrected chi connectivity index (χ3v) is 3.83. The highest BCUT2D eigenvalue weighted by atomic mass is 16.5. The van der Waals surface area contributed by atoms with Gasteiger partial charge < -0.3 is 15.0 Å². The first-order chi connectivity index (χ1) is 11.1. The molecule has 0 aliphatic rings. The van der Waals surface area contributed by atoms with Gasteiger partial charge in [-0.2, -0.15) is 0 Å². The lowest BCUT2D eigenvalue weighted by Crippen LogP contribution is -2.18. The molecule has 0 bridgehead atoms. The first kappa shape index (κ1) is 15.0. The van der Waals surface area contributed by atoms with E-state index in [-0.39, 0.29) is 11.6 Å². The average Bonchev–Trinajstić information content (AvgIpc) is 2.97. The molecule has 118 valence electrons. The summed E-state index contributed by atoms with van der Waals surface area (Å²) in [5.41, 5.74) is 2.75. The highest BCUT2D eigenvalue weighted by Gasteiger charge is 2.16. The molecule has 0 aliphatic carbocycles. The van der Waals surface area contributed by atoms with Gasteiger partial charge in [0.25, 0.3) is 0 Å². The van der Waals surface area contributed by atoms with Gasteiger partial charge in [-0.15, -0.1) is 0 Å². The van der Waals surface area contributed by atoms with Crippen LogP contribution in [0.1, 0.15) is 22.6 Å². The van der Waals surface area contributed by atoms with E-state index in [0.717, 1.165) is 21.8 Å². The summed E-state index contributed by atoms with van der Waals surface area (Å²) in [6.45, 7) is 0. The largest absolute Gasteiger partial charge is 0.464 e. The molecule has 3 rings (SSSR count). The number of nitrogens with one attached hydrogen (secondary N) is 2. The molecule has 0 unspecified atom stereocenters. The number of methoxy groups -OCH3 is 1. The van der Waals surface area contributed by atoms with E-state index in [2.05, 4.69) is 15.3 Å². The number of carbonyl (C=O) groups is 2. The Kier molecular flexibility index (Phi) is 3.97. The minimum Gasteiger partial charge on any atom is -0.464 e. The third kappa shape index (κ3) is 2.75. The number of nitrogens with zero attached hydrogens (tertiary/aromatic N) is 1. The molecule has 0 fully saturated rings. The van der Waals surface area contributed by atoms with E-state index in [4.69, 9.17) is 4.74 Å². The molecule has 6 heteroatoms. The maximum Gasteiger partial charge on any atom is 0.356 e. The third-order valence-electron chi connectivity index (χ3n) is 3.83. The molecule has 0 saturated carbocycles. The van der Waals surface area contributed by atoms with Crippen molar-refractivity contribution in [3.8, 4) is 0 Å². The van der Waals surface area contributed by atoms with E-state index in [1.807, 2.05) is 24.3 Å². The lowest BCUT2D eigenvalue weighted by Gasteiger charge is -2.06. The van der Waals surface area contributed by atoms with Crippen molar-refractivity contribution in [3.05, 3.63) is 41.7 Å². The van der Waals surface area contributed by atoms with Crippen molar-refractivity contribution >= 4 is 33.7 Å². The van der Waals surface area contributed by atoms with E-state index in [0.29, 0.717) is 18.5 Å². The van der Waals surface area contributed by atoms with Crippen LogP contribution in [0.15, 0.2) is 30.3 Å². The van der Waals surface area contributed by atoms with Gasteiger partial charge in [0.1, 0.15) is 5.69 Å². The zero-order chi connectivity index (χ0) is 16.4. The topological polar surface area (TPSA) is 84.1 Å². The number of ether oxygens (including phenoxy) is 1. The van der Waals surface area contributed by atoms with Crippen LogP contribution in [-0.2, 0) is 16.0 Å². The summed E-state index contributed by atoms with van der Waals surface area (Å²) >= 11 is 0. The van der Waals surface area contributed by atoms with Crippen LogP contribution in [0.3, 0.4) is 0 Å². The maximum absolute atomic E-state index is 11.9. The van der Waals surface area contributed by atoms with Crippen LogP contribution < -0.4 is 5.32 Å². The zero-order valence-electron chi connectivity index (χ0n) is 13.0. The SMILES string of the molecule is CNC(=O)CCc1nc(C(=O)OC)cc2c1[nH]c1ccccc12. The molecule has 2 N–H and O–H groups in total. The number of aromatic amines is 1. The number of esters is 1. The van der Waals surface area contributed by atoms with Crippen molar-refractivity contribution in [3.63, 3.8) is 0 Å². The molecule has 2 heterocycles. The predicted octanol–water partition coefficient (Wildman–Crippen LogP) is 2.18. The second kappa shape index (κ2) is 6.08. The van der Waals surface area contributed by atoms with Crippen LogP contribution in [-0.4, -0.2) is 36.0 Å². The predicted molar refractivity (Wildman–Crippen MR) is 87.3 cm³/mol. The maximum atomic E-state index is 11.9. The first-order valence-corrected chi connectivity index (χ1v) is 7.33. The highest BCUT2D eigenvalue weighted by Crippen LogP contribution is 2.28. The van der Waals surface area contributed by atoms with Gasteiger partial charge in [0.15, 0.2) is 0 Å². The van der Waals surface area contributed by atoms with Crippen molar-refractivity contribution < 1.29 is 14.3 Å². The molecule has 1 amide bonds. The van der Waals surface area contributed by atoms with Crippen molar-refractivity contribution in [2.24, 2.45) is 0 Å². The summed E-state index contributed by atoms with van der Waals surface area (Å²) in [5.74, 6) is -0.557. The number of benzene rings is 1. The van der Waals surface area contributed by atoms with Crippen molar-refractivity contribution in [1.82, 2.24) is 15.3 Å². The summed E-state index contributed by atoms with van der Waals surface area (Å²) in [7, 11) is 2.92. The molecule has 6 nitrogen and oxygen atoms in total. The Morgan fingerprint density at radius 2 is 2.04 bits per heavy atom. The van der Waals surface area contributed by atoms with Gasteiger partial charge in [-0.3, -0.25) is 4.79 Å². The number of amides is 1. The Hall–Kier alpha value is -2.89. The Morgan fingerprint density at radius 3 is 2.78 bits per heavy atom. The van der Waals surface area contributed by atoms with Gasteiger partial charge in [0.2, 0.25) is 5.91 Å². The molecule has 3 aromatic rings. The van der Waals surface area contributed by atoms with Crippen LogP contribution in [0.4, 0.5) is 0 Å². The minimum absolute atomic E-state index is 0.0699. The number of fused-ring (bicyclic) bond motifs is 3. The summed E-state index contributed by atoms with van der Waals surface area (Å²) in [6, 6.07) is 9.56. The molecular weight excluding hydrogens is 294 g/mol. The molecule has 1 aromatic carbocycles. The molecular formula is C17H17N3O3. The molecule has 0 aliphatic heterocycles. The van der Waals surface area contributed by atoms with Gasteiger partial charge in [-0.25, -0.2) is 9.78 Å². The Morgan fingerprint density at radius 1 is 1.26 bits per heavy atom. The quantitative estimate of drug-likeness (QED) is 0.723. The van der Waals surface area contributed by atoms with Crippen molar-refractivity contribution in [2.75, 3.05) is 14.2 Å². The molecule has 0 radical (unpaired) electrons. The molecule has 0 saturated heterocycles. The van der Waals surface area contributed by atoms with Gasteiger partial charge in [-0.05, 0) is 12.1 Å². The molecule has 0 spiro atoms. The average molecular weight is 311 g/mol. The van der Waals surface area contributed by atoms with E-state index in [9.17, 15) is 9.59 Å². The number of H-pyrrole nitrogens is 1. The number of aromatic nitrogens is 2. The van der Waals surface area contributed by atoms with E-state index < -0.39 is 5.97 Å². The molecule has 2 aromatic heterocycles. The van der Waals surface area contributed by atoms with Crippen molar-refractivity contribution in [2.45, 2.75) is 12.8 Å². The number of pyridine rings is 1. The van der Waals surface area contributed by atoms with E-state index in [1.54, 1.807) is 13.1 Å². The second-order valence-electron chi connectivity index (χ2n) is 5.21. The second-order valence-corrected chi connectivity index (χ2v) is 5.21. The molecule has 0 atom stereocenters. The van der Waals surface area contributed by atoms with Crippen LogP contribution >= 0.6 is 0 Å². The smallest absolute Gasteiger partial charge is 0.356 e. The van der Waals surface area contributed by atoms with Crippen LogP contribution in [0, 0.1) is 0 Å². The lowest BCUT2D eigenvalue weighted by atomic mass is 10.1. The van der Waals surface area contributed by atoms with Gasteiger partial charge in [0, 0.05) is 36.2 Å².